The molecule has 0 unspecified atom stereocenters. The molecule has 0 atom stereocenters. The number of hydrogen-bond acceptors (Lipinski definition) is 4. The summed E-state index contributed by atoms with van der Waals surface area (Å²) in [6.07, 6.45) is 3.34. The minimum Gasteiger partial charge on any atom is -0.486 e. The maximum Gasteiger partial charge on any atom is 0.267 e. The van der Waals surface area contributed by atoms with Gasteiger partial charge in [-0.15, -0.1) is 0 Å². The lowest BCUT2D eigenvalue weighted by atomic mass is 10.1. The van der Waals surface area contributed by atoms with E-state index in [9.17, 15) is 4.79 Å². The minimum absolute atomic E-state index is 0.158. The van der Waals surface area contributed by atoms with Gasteiger partial charge < -0.3 is 4.74 Å². The second kappa shape index (κ2) is 5.72. The van der Waals surface area contributed by atoms with Gasteiger partial charge in [-0.25, -0.2) is 4.98 Å². The van der Waals surface area contributed by atoms with E-state index in [4.69, 9.17) is 4.74 Å². The van der Waals surface area contributed by atoms with Crippen molar-refractivity contribution in [3.05, 3.63) is 58.8 Å². The van der Waals surface area contributed by atoms with Gasteiger partial charge in [0.25, 0.3) is 5.56 Å². The highest BCUT2D eigenvalue weighted by atomic mass is 16.5. The van der Waals surface area contributed by atoms with E-state index in [-0.39, 0.29) is 5.56 Å². The average molecular weight is 310 g/mol. The molecule has 6 nitrogen and oxygen atoms in total. The highest BCUT2D eigenvalue weighted by molar-refractivity contribution is 5.65. The van der Waals surface area contributed by atoms with Crippen LogP contribution >= 0.6 is 0 Å². The van der Waals surface area contributed by atoms with Gasteiger partial charge in [-0.1, -0.05) is 12.7 Å². The summed E-state index contributed by atoms with van der Waals surface area (Å²) < 4.78 is 8.82. The van der Waals surface area contributed by atoms with E-state index in [1.807, 2.05) is 27.0 Å². The molecule has 6 heteroatoms. The van der Waals surface area contributed by atoms with Gasteiger partial charge in [0.1, 0.15) is 6.61 Å². The molecule has 3 aromatic rings. The lowest BCUT2D eigenvalue weighted by Crippen LogP contribution is -2.19. The van der Waals surface area contributed by atoms with Crippen LogP contribution in [0.15, 0.2) is 41.8 Å². The lowest BCUT2D eigenvalue weighted by molar-refractivity contribution is 0.365. The Kier molecular flexibility index (Phi) is 3.73. The Morgan fingerprint density at radius 3 is 2.83 bits per heavy atom. The molecule has 0 aromatic carbocycles. The molecule has 3 aromatic heterocycles. The Balaban J connectivity index is 2.26. The van der Waals surface area contributed by atoms with Gasteiger partial charge in [-0.2, -0.15) is 5.10 Å². The van der Waals surface area contributed by atoms with Crippen molar-refractivity contribution in [2.45, 2.75) is 13.8 Å². The van der Waals surface area contributed by atoms with Crippen molar-refractivity contribution >= 4 is 5.65 Å². The first kappa shape index (κ1) is 15.0. The first-order valence-electron chi connectivity index (χ1n) is 7.29. The molecule has 0 aliphatic rings. The van der Waals surface area contributed by atoms with Crippen LogP contribution in [0.2, 0.25) is 0 Å². The molecule has 0 saturated heterocycles. The zero-order valence-corrected chi connectivity index (χ0v) is 13.4. The summed E-state index contributed by atoms with van der Waals surface area (Å²) in [6, 6.07) is 5.43. The summed E-state index contributed by atoms with van der Waals surface area (Å²) in [7, 11) is 1.85. The molecule has 118 valence electrons. The SMILES string of the molecule is C=CCOc1cccn2c(=O)c(-c3cc(C)n(C)n3)c(C)nc12. The number of aryl methyl sites for hydroxylation is 3. The molecule has 0 bridgehead atoms. The van der Waals surface area contributed by atoms with Crippen molar-refractivity contribution in [1.29, 1.82) is 0 Å². The molecule has 0 spiro atoms. The van der Waals surface area contributed by atoms with Crippen molar-refractivity contribution in [2.75, 3.05) is 6.61 Å². The largest absolute Gasteiger partial charge is 0.486 e. The molecule has 0 fully saturated rings. The molecule has 0 radical (unpaired) electrons. The molecule has 0 N–H and O–H groups in total. The predicted octanol–water partition coefficient (Wildman–Crippen LogP) is 2.28. The molecule has 0 aliphatic carbocycles. The lowest BCUT2D eigenvalue weighted by Gasteiger charge is -2.10. The minimum atomic E-state index is -0.158. The van der Waals surface area contributed by atoms with Crippen LogP contribution in [0.25, 0.3) is 16.9 Å². The van der Waals surface area contributed by atoms with Gasteiger partial charge >= 0.3 is 0 Å². The fourth-order valence-corrected chi connectivity index (χ4v) is 2.48. The topological polar surface area (TPSA) is 61.4 Å². The van der Waals surface area contributed by atoms with E-state index in [1.165, 1.54) is 4.40 Å². The van der Waals surface area contributed by atoms with E-state index in [1.54, 1.807) is 29.1 Å². The van der Waals surface area contributed by atoms with Crippen LogP contribution in [-0.4, -0.2) is 25.8 Å². The first-order chi connectivity index (χ1) is 11.0. The third kappa shape index (κ3) is 2.52. The number of rotatable bonds is 4. The summed E-state index contributed by atoms with van der Waals surface area (Å²) in [4.78, 5) is 17.5. The molecule has 23 heavy (non-hydrogen) atoms. The van der Waals surface area contributed by atoms with Crippen LogP contribution in [0.1, 0.15) is 11.4 Å². The van der Waals surface area contributed by atoms with Gasteiger partial charge in [0.05, 0.1) is 17.0 Å². The van der Waals surface area contributed by atoms with Gasteiger partial charge in [0.15, 0.2) is 11.4 Å². The number of pyridine rings is 1. The van der Waals surface area contributed by atoms with Gasteiger partial charge in [0, 0.05) is 18.9 Å². The summed E-state index contributed by atoms with van der Waals surface area (Å²) in [5.41, 5.74) is 3.08. The van der Waals surface area contributed by atoms with E-state index < -0.39 is 0 Å². The molecule has 3 rings (SSSR count). The summed E-state index contributed by atoms with van der Waals surface area (Å²) >= 11 is 0. The number of aromatic nitrogens is 4. The van der Waals surface area contributed by atoms with Crippen LogP contribution in [-0.2, 0) is 7.05 Å². The monoisotopic (exact) mass is 310 g/mol. The molecular formula is C17H18N4O2. The zero-order chi connectivity index (χ0) is 16.6. The average Bonchev–Trinajstić information content (AvgIpc) is 2.84. The Hall–Kier alpha value is -2.89. The quantitative estimate of drug-likeness (QED) is 0.694. The summed E-state index contributed by atoms with van der Waals surface area (Å²) in [5, 5.41) is 4.40. The standard InChI is InChI=1S/C17H18N4O2/c1-5-9-23-14-7-6-8-21-16(14)18-12(3)15(17(21)22)13-10-11(2)20(4)19-13/h5-8,10H,1,9H2,2-4H3. The van der Waals surface area contributed by atoms with Crippen molar-refractivity contribution in [1.82, 2.24) is 19.2 Å². The second-order valence-electron chi connectivity index (χ2n) is 5.34. The van der Waals surface area contributed by atoms with Crippen LogP contribution in [0, 0.1) is 13.8 Å². The van der Waals surface area contributed by atoms with Crippen molar-refractivity contribution < 1.29 is 4.74 Å². The molecule has 0 amide bonds. The fourth-order valence-electron chi connectivity index (χ4n) is 2.48. The van der Waals surface area contributed by atoms with Crippen molar-refractivity contribution in [3.63, 3.8) is 0 Å². The van der Waals surface area contributed by atoms with E-state index in [2.05, 4.69) is 16.7 Å². The number of ether oxygens (including phenoxy) is 1. The third-order valence-corrected chi connectivity index (χ3v) is 3.73. The van der Waals surface area contributed by atoms with Gasteiger partial charge in [0.2, 0.25) is 0 Å². The molecule has 0 aliphatic heterocycles. The maximum absolute atomic E-state index is 12.9. The van der Waals surface area contributed by atoms with E-state index in [0.717, 1.165) is 5.69 Å². The zero-order valence-electron chi connectivity index (χ0n) is 13.4. The summed E-state index contributed by atoms with van der Waals surface area (Å²) in [6.45, 7) is 7.74. The van der Waals surface area contributed by atoms with Crippen LogP contribution in [0.4, 0.5) is 0 Å². The van der Waals surface area contributed by atoms with Crippen LogP contribution in [0.3, 0.4) is 0 Å². The van der Waals surface area contributed by atoms with Crippen molar-refractivity contribution in [3.8, 4) is 17.0 Å². The second-order valence-corrected chi connectivity index (χ2v) is 5.34. The van der Waals surface area contributed by atoms with Gasteiger partial charge in [-0.3, -0.25) is 13.9 Å². The Morgan fingerprint density at radius 1 is 1.39 bits per heavy atom. The first-order valence-corrected chi connectivity index (χ1v) is 7.29. The normalized spacial score (nSPS) is 10.9. The van der Waals surface area contributed by atoms with Crippen molar-refractivity contribution in [2.24, 2.45) is 7.05 Å². The number of fused-ring (bicyclic) bond motifs is 1. The molecule has 3 heterocycles. The highest BCUT2D eigenvalue weighted by Gasteiger charge is 2.17. The Labute approximate surface area is 133 Å². The number of hydrogen-bond donors (Lipinski definition) is 0. The third-order valence-electron chi connectivity index (χ3n) is 3.73. The predicted molar refractivity (Wildman–Crippen MR) is 88.8 cm³/mol. The van der Waals surface area contributed by atoms with E-state index >= 15 is 0 Å². The highest BCUT2D eigenvalue weighted by Crippen LogP contribution is 2.22. The Bertz CT molecular complexity index is 934. The Morgan fingerprint density at radius 2 is 2.17 bits per heavy atom. The van der Waals surface area contributed by atoms with E-state index in [0.29, 0.717) is 35.0 Å². The van der Waals surface area contributed by atoms with Gasteiger partial charge in [-0.05, 0) is 32.0 Å². The molecular weight excluding hydrogens is 292 g/mol. The maximum atomic E-state index is 12.9. The van der Waals surface area contributed by atoms with Crippen LogP contribution < -0.4 is 10.3 Å². The number of nitrogens with zero attached hydrogens (tertiary/aromatic N) is 4. The van der Waals surface area contributed by atoms with Crippen LogP contribution in [0.5, 0.6) is 5.75 Å². The fraction of sp³-hybridized carbons (Fsp3) is 0.235. The molecule has 0 saturated carbocycles. The summed E-state index contributed by atoms with van der Waals surface area (Å²) in [5.74, 6) is 0.552. The smallest absolute Gasteiger partial charge is 0.267 e.